The number of fused-ring (bicyclic) bond motifs is 2. The fourth-order valence-electron chi connectivity index (χ4n) is 3.12. The molecule has 0 amide bonds. The van der Waals surface area contributed by atoms with E-state index in [2.05, 4.69) is 97.9 Å². The van der Waals surface area contributed by atoms with Crippen LogP contribution in [0.1, 0.15) is 16.7 Å². The predicted molar refractivity (Wildman–Crippen MR) is 102 cm³/mol. The maximum atomic E-state index is 2.24. The van der Waals surface area contributed by atoms with Gasteiger partial charge in [0.25, 0.3) is 0 Å². The monoisotopic (exact) mass is 294 g/mol. The SMILES string of the molecule is Cc1ccc(/C=C\c2ccc3ccccc3c2)c2ccccc12. The lowest BCUT2D eigenvalue weighted by Crippen LogP contribution is -1.82. The van der Waals surface area contributed by atoms with Crippen molar-refractivity contribution in [2.45, 2.75) is 6.92 Å². The van der Waals surface area contributed by atoms with Gasteiger partial charge >= 0.3 is 0 Å². The first-order valence-corrected chi connectivity index (χ1v) is 7.96. The van der Waals surface area contributed by atoms with Crippen molar-refractivity contribution in [1.82, 2.24) is 0 Å². The zero-order valence-electron chi connectivity index (χ0n) is 13.2. The molecular weight excluding hydrogens is 276 g/mol. The van der Waals surface area contributed by atoms with Gasteiger partial charge in [0.1, 0.15) is 0 Å². The molecule has 4 aromatic carbocycles. The molecule has 0 aromatic heterocycles. The third kappa shape index (κ3) is 2.64. The van der Waals surface area contributed by atoms with Gasteiger partial charge < -0.3 is 0 Å². The van der Waals surface area contributed by atoms with Crippen LogP contribution in [0.2, 0.25) is 0 Å². The molecule has 4 aromatic rings. The average molecular weight is 294 g/mol. The molecule has 0 bridgehead atoms. The smallest absolute Gasteiger partial charge is 0.0109 e. The van der Waals surface area contributed by atoms with E-state index in [0.717, 1.165) is 0 Å². The van der Waals surface area contributed by atoms with Gasteiger partial charge in [0.2, 0.25) is 0 Å². The molecule has 0 aliphatic rings. The summed E-state index contributed by atoms with van der Waals surface area (Å²) in [5, 5.41) is 5.20. The molecule has 4 rings (SSSR count). The Morgan fingerprint density at radius 2 is 1.35 bits per heavy atom. The van der Waals surface area contributed by atoms with Gasteiger partial charge in [-0.25, -0.2) is 0 Å². The maximum Gasteiger partial charge on any atom is -0.0109 e. The maximum absolute atomic E-state index is 2.24. The van der Waals surface area contributed by atoms with E-state index in [4.69, 9.17) is 0 Å². The Kier molecular flexibility index (Phi) is 3.44. The van der Waals surface area contributed by atoms with Crippen LogP contribution in [0.5, 0.6) is 0 Å². The molecule has 0 heteroatoms. The largest absolute Gasteiger partial charge is 0.0616 e. The van der Waals surface area contributed by atoms with Crippen molar-refractivity contribution in [2.24, 2.45) is 0 Å². The van der Waals surface area contributed by atoms with Crippen LogP contribution in [0.15, 0.2) is 78.9 Å². The van der Waals surface area contributed by atoms with Gasteiger partial charge in [-0.3, -0.25) is 0 Å². The van der Waals surface area contributed by atoms with E-state index in [1.807, 2.05) is 0 Å². The molecule has 0 heterocycles. The molecule has 110 valence electrons. The number of hydrogen-bond acceptors (Lipinski definition) is 0. The van der Waals surface area contributed by atoms with Crippen LogP contribution in [0.4, 0.5) is 0 Å². The fraction of sp³-hybridized carbons (Fsp3) is 0.0435. The zero-order chi connectivity index (χ0) is 15.6. The summed E-state index contributed by atoms with van der Waals surface area (Å²) in [6.45, 7) is 2.17. The summed E-state index contributed by atoms with van der Waals surface area (Å²) >= 11 is 0. The van der Waals surface area contributed by atoms with Gasteiger partial charge in [0.05, 0.1) is 0 Å². The van der Waals surface area contributed by atoms with Crippen molar-refractivity contribution in [2.75, 3.05) is 0 Å². The average Bonchev–Trinajstić information content (AvgIpc) is 2.61. The minimum absolute atomic E-state index is 1.23. The van der Waals surface area contributed by atoms with Crippen LogP contribution in [0, 0.1) is 6.92 Å². The summed E-state index contributed by atoms with van der Waals surface area (Å²) in [6, 6.07) is 28.1. The van der Waals surface area contributed by atoms with Crippen molar-refractivity contribution in [3.05, 3.63) is 95.6 Å². The Bertz CT molecular complexity index is 1020. The minimum Gasteiger partial charge on any atom is -0.0616 e. The van der Waals surface area contributed by atoms with E-state index in [9.17, 15) is 0 Å². The van der Waals surface area contributed by atoms with E-state index >= 15 is 0 Å². The second-order valence-corrected chi connectivity index (χ2v) is 5.96. The van der Waals surface area contributed by atoms with Gasteiger partial charge in [-0.15, -0.1) is 0 Å². The Balaban J connectivity index is 1.77. The highest BCUT2D eigenvalue weighted by atomic mass is 14.0. The molecule has 0 aliphatic heterocycles. The highest BCUT2D eigenvalue weighted by molar-refractivity contribution is 5.95. The lowest BCUT2D eigenvalue weighted by Gasteiger charge is -2.05. The standard InChI is InChI=1S/C23H18/c1-17-10-13-20(23-9-5-4-8-22(17)23)15-12-18-11-14-19-6-2-3-7-21(19)16-18/h2-16H,1H3/b15-12-. The molecule has 0 N–H and O–H groups in total. The first-order valence-electron chi connectivity index (χ1n) is 7.96. The first kappa shape index (κ1) is 13.8. The summed E-state index contributed by atoms with van der Waals surface area (Å²) in [4.78, 5) is 0. The second-order valence-electron chi connectivity index (χ2n) is 5.96. The van der Waals surface area contributed by atoms with E-state index < -0.39 is 0 Å². The van der Waals surface area contributed by atoms with Crippen LogP contribution in [-0.2, 0) is 0 Å². The molecule has 0 unspecified atom stereocenters. The van der Waals surface area contributed by atoms with Crippen LogP contribution >= 0.6 is 0 Å². The highest BCUT2D eigenvalue weighted by Crippen LogP contribution is 2.24. The molecule has 0 radical (unpaired) electrons. The molecule has 0 aliphatic carbocycles. The number of benzene rings is 4. The van der Waals surface area contributed by atoms with Crippen molar-refractivity contribution >= 4 is 33.7 Å². The topological polar surface area (TPSA) is 0 Å². The molecule has 0 saturated heterocycles. The van der Waals surface area contributed by atoms with Crippen LogP contribution in [0.25, 0.3) is 33.7 Å². The third-order valence-electron chi connectivity index (χ3n) is 4.40. The fourth-order valence-corrected chi connectivity index (χ4v) is 3.12. The van der Waals surface area contributed by atoms with Gasteiger partial charge in [0.15, 0.2) is 0 Å². The summed E-state index contributed by atoms with van der Waals surface area (Å²) in [5.74, 6) is 0. The van der Waals surface area contributed by atoms with Crippen molar-refractivity contribution in [3.63, 3.8) is 0 Å². The van der Waals surface area contributed by atoms with Crippen LogP contribution in [-0.4, -0.2) is 0 Å². The number of aryl methyl sites for hydroxylation is 1. The van der Waals surface area contributed by atoms with Gasteiger partial charge in [-0.1, -0.05) is 84.9 Å². The van der Waals surface area contributed by atoms with Gasteiger partial charge in [-0.05, 0) is 51.2 Å². The quantitative estimate of drug-likeness (QED) is 0.371. The Morgan fingerprint density at radius 1 is 0.609 bits per heavy atom. The highest BCUT2D eigenvalue weighted by Gasteiger charge is 2.00. The summed E-state index contributed by atoms with van der Waals surface area (Å²) in [5.41, 5.74) is 3.82. The van der Waals surface area contributed by atoms with E-state index in [1.54, 1.807) is 0 Å². The van der Waals surface area contributed by atoms with E-state index in [1.165, 1.54) is 38.2 Å². The lowest BCUT2D eigenvalue weighted by atomic mass is 9.99. The second kappa shape index (κ2) is 5.73. The normalized spacial score (nSPS) is 11.5. The molecule has 0 spiro atoms. The zero-order valence-corrected chi connectivity index (χ0v) is 13.2. The summed E-state index contributed by atoms with van der Waals surface area (Å²) in [6.07, 6.45) is 4.41. The van der Waals surface area contributed by atoms with E-state index in [0.29, 0.717) is 0 Å². The molecular formula is C23H18. The van der Waals surface area contributed by atoms with Gasteiger partial charge in [0, 0.05) is 0 Å². The first-order chi connectivity index (χ1) is 11.3. The van der Waals surface area contributed by atoms with Crippen LogP contribution < -0.4 is 0 Å². The van der Waals surface area contributed by atoms with Crippen LogP contribution in [0.3, 0.4) is 0 Å². The molecule has 0 saturated carbocycles. The molecule has 0 fully saturated rings. The lowest BCUT2D eigenvalue weighted by molar-refractivity contribution is 1.52. The Labute approximate surface area is 136 Å². The minimum atomic E-state index is 1.23. The van der Waals surface area contributed by atoms with E-state index in [-0.39, 0.29) is 0 Å². The number of rotatable bonds is 2. The summed E-state index contributed by atoms with van der Waals surface area (Å²) in [7, 11) is 0. The third-order valence-corrected chi connectivity index (χ3v) is 4.40. The van der Waals surface area contributed by atoms with Crippen molar-refractivity contribution < 1.29 is 0 Å². The van der Waals surface area contributed by atoms with Crippen molar-refractivity contribution in [1.29, 1.82) is 0 Å². The molecule has 0 nitrogen and oxygen atoms in total. The number of hydrogen-bond donors (Lipinski definition) is 0. The molecule has 23 heavy (non-hydrogen) atoms. The van der Waals surface area contributed by atoms with Crippen molar-refractivity contribution in [3.8, 4) is 0 Å². The Hall–Kier alpha value is -2.86. The summed E-state index contributed by atoms with van der Waals surface area (Å²) < 4.78 is 0. The predicted octanol–water partition coefficient (Wildman–Crippen LogP) is 6.47. The van der Waals surface area contributed by atoms with Gasteiger partial charge in [-0.2, -0.15) is 0 Å². The Morgan fingerprint density at radius 3 is 2.22 bits per heavy atom. The molecule has 0 atom stereocenters.